The van der Waals surface area contributed by atoms with Gasteiger partial charge in [-0.15, -0.1) is 10.2 Å². The first kappa shape index (κ1) is 17.4. The number of aromatic nitrogens is 2. The first-order valence-corrected chi connectivity index (χ1v) is 9.00. The van der Waals surface area contributed by atoms with E-state index in [2.05, 4.69) is 17.1 Å². The summed E-state index contributed by atoms with van der Waals surface area (Å²) in [5.41, 5.74) is 2.62. The molecule has 0 bridgehead atoms. The van der Waals surface area contributed by atoms with Gasteiger partial charge in [-0.05, 0) is 24.6 Å². The number of carbonyl (C=O) groups is 1. The number of nitrogens with zero attached hydrogens (tertiary/aromatic N) is 2. The van der Waals surface area contributed by atoms with Gasteiger partial charge >= 0.3 is 5.97 Å². The summed E-state index contributed by atoms with van der Waals surface area (Å²) in [7, 11) is 1.37. The van der Waals surface area contributed by atoms with Crippen LogP contribution in [0.2, 0.25) is 0 Å². The van der Waals surface area contributed by atoms with Crippen molar-refractivity contribution in [2.75, 3.05) is 7.11 Å². The van der Waals surface area contributed by atoms with E-state index in [0.717, 1.165) is 29.5 Å². The van der Waals surface area contributed by atoms with E-state index in [1.54, 1.807) is 18.2 Å². The second-order valence-electron chi connectivity index (χ2n) is 6.37. The third-order valence-electron chi connectivity index (χ3n) is 4.47. The monoisotopic (exact) mass is 340 g/mol. The van der Waals surface area contributed by atoms with E-state index < -0.39 is 0 Å². The lowest BCUT2D eigenvalue weighted by Gasteiger charge is -2.01. The number of ether oxygens (including phenoxy) is 1. The van der Waals surface area contributed by atoms with Crippen LogP contribution in [-0.2, 0) is 11.2 Å². The van der Waals surface area contributed by atoms with Crippen molar-refractivity contribution < 1.29 is 13.9 Å². The molecule has 0 aliphatic rings. The number of aryl methyl sites for hydroxylation is 1. The summed E-state index contributed by atoms with van der Waals surface area (Å²) in [4.78, 5) is 11.8. The smallest absolute Gasteiger partial charge is 0.337 e. The first-order chi connectivity index (χ1) is 12.2. The SMILES string of the molecule is CCCCCCCCc1cc2nnc3ccc(C(=O)OC)cc3c2o1. The number of carbonyl (C=O) groups excluding carboxylic acids is 1. The van der Waals surface area contributed by atoms with E-state index >= 15 is 0 Å². The maximum absolute atomic E-state index is 11.8. The zero-order valence-electron chi connectivity index (χ0n) is 14.9. The van der Waals surface area contributed by atoms with Crippen molar-refractivity contribution in [2.45, 2.75) is 51.9 Å². The molecule has 0 N–H and O–H groups in total. The standard InChI is InChI=1S/C20H24N2O3/c1-3-4-5-6-7-8-9-15-13-18-19(25-15)16-12-14(20(23)24-2)10-11-17(16)21-22-18/h10-13H,3-9H2,1-2H3. The number of fused-ring (bicyclic) bond motifs is 3. The van der Waals surface area contributed by atoms with Gasteiger partial charge in [-0.1, -0.05) is 39.0 Å². The Hall–Kier alpha value is -2.43. The van der Waals surface area contributed by atoms with Crippen molar-refractivity contribution in [2.24, 2.45) is 0 Å². The first-order valence-electron chi connectivity index (χ1n) is 9.00. The average molecular weight is 340 g/mol. The highest BCUT2D eigenvalue weighted by atomic mass is 16.5. The molecule has 0 saturated carbocycles. The fourth-order valence-electron chi connectivity index (χ4n) is 3.06. The molecule has 3 aromatic rings. The van der Waals surface area contributed by atoms with Crippen LogP contribution in [0.3, 0.4) is 0 Å². The van der Waals surface area contributed by atoms with Crippen LogP contribution in [0.15, 0.2) is 28.7 Å². The van der Waals surface area contributed by atoms with E-state index in [0.29, 0.717) is 16.7 Å². The lowest BCUT2D eigenvalue weighted by atomic mass is 10.1. The highest BCUT2D eigenvalue weighted by Crippen LogP contribution is 2.27. The van der Waals surface area contributed by atoms with Crippen molar-refractivity contribution >= 4 is 28.0 Å². The van der Waals surface area contributed by atoms with Crippen molar-refractivity contribution in [1.82, 2.24) is 10.2 Å². The van der Waals surface area contributed by atoms with Gasteiger partial charge in [-0.3, -0.25) is 0 Å². The van der Waals surface area contributed by atoms with Gasteiger partial charge in [0.25, 0.3) is 0 Å². The molecule has 2 heterocycles. The number of hydrogen-bond donors (Lipinski definition) is 0. The molecule has 5 heteroatoms. The van der Waals surface area contributed by atoms with Gasteiger partial charge in [0.2, 0.25) is 0 Å². The third kappa shape index (κ3) is 3.98. The Labute approximate surface area is 147 Å². The second kappa shape index (κ2) is 8.10. The fourth-order valence-corrected chi connectivity index (χ4v) is 3.06. The normalized spacial score (nSPS) is 11.3. The van der Waals surface area contributed by atoms with Crippen molar-refractivity contribution in [3.05, 3.63) is 35.6 Å². The lowest BCUT2D eigenvalue weighted by Crippen LogP contribution is -2.00. The Morgan fingerprint density at radius 1 is 1.04 bits per heavy atom. The van der Waals surface area contributed by atoms with Gasteiger partial charge in [0.15, 0.2) is 5.58 Å². The molecular formula is C20H24N2O3. The molecule has 0 amide bonds. The van der Waals surface area contributed by atoms with Crippen LogP contribution in [0.25, 0.3) is 22.0 Å². The summed E-state index contributed by atoms with van der Waals surface area (Å²) in [6.45, 7) is 2.23. The number of unbranched alkanes of at least 4 members (excludes halogenated alkanes) is 5. The topological polar surface area (TPSA) is 65.2 Å². The summed E-state index contributed by atoms with van der Waals surface area (Å²) >= 11 is 0. The molecule has 0 aliphatic heterocycles. The maximum atomic E-state index is 11.8. The third-order valence-corrected chi connectivity index (χ3v) is 4.47. The maximum Gasteiger partial charge on any atom is 0.337 e. The average Bonchev–Trinajstić information content (AvgIpc) is 3.07. The van der Waals surface area contributed by atoms with E-state index in [9.17, 15) is 4.79 Å². The molecule has 3 rings (SSSR count). The number of benzene rings is 1. The zero-order chi connectivity index (χ0) is 17.6. The Morgan fingerprint density at radius 3 is 2.60 bits per heavy atom. The van der Waals surface area contributed by atoms with Gasteiger partial charge < -0.3 is 9.15 Å². The predicted molar refractivity (Wildman–Crippen MR) is 97.7 cm³/mol. The molecule has 0 radical (unpaired) electrons. The minimum absolute atomic E-state index is 0.370. The molecule has 0 aliphatic carbocycles. The predicted octanol–water partition coefficient (Wildman–Crippen LogP) is 5.07. The van der Waals surface area contributed by atoms with Crippen LogP contribution in [0.1, 0.15) is 61.6 Å². The molecule has 1 aromatic carbocycles. The number of furan rings is 1. The zero-order valence-corrected chi connectivity index (χ0v) is 14.9. The number of rotatable bonds is 8. The van der Waals surface area contributed by atoms with Gasteiger partial charge in [0.1, 0.15) is 11.3 Å². The van der Waals surface area contributed by atoms with Crippen LogP contribution in [-0.4, -0.2) is 23.3 Å². The van der Waals surface area contributed by atoms with E-state index in [4.69, 9.17) is 9.15 Å². The molecule has 0 spiro atoms. The van der Waals surface area contributed by atoms with Gasteiger partial charge in [0.05, 0.1) is 18.2 Å². The van der Waals surface area contributed by atoms with Crippen LogP contribution in [0.5, 0.6) is 0 Å². The summed E-state index contributed by atoms with van der Waals surface area (Å²) in [6.07, 6.45) is 8.40. The Balaban J connectivity index is 1.79. The molecule has 0 unspecified atom stereocenters. The number of esters is 1. The van der Waals surface area contributed by atoms with Crippen LogP contribution >= 0.6 is 0 Å². The minimum atomic E-state index is -0.370. The summed E-state index contributed by atoms with van der Waals surface area (Å²) in [6, 6.07) is 7.17. The van der Waals surface area contributed by atoms with E-state index in [1.165, 1.54) is 39.2 Å². The summed E-state index contributed by atoms with van der Waals surface area (Å²) in [5, 5.41) is 9.24. The van der Waals surface area contributed by atoms with Gasteiger partial charge in [-0.2, -0.15) is 0 Å². The molecule has 2 aromatic heterocycles. The van der Waals surface area contributed by atoms with Gasteiger partial charge in [0, 0.05) is 17.9 Å². The van der Waals surface area contributed by atoms with Crippen molar-refractivity contribution in [3.63, 3.8) is 0 Å². The minimum Gasteiger partial charge on any atom is -0.465 e. The molecule has 0 atom stereocenters. The largest absolute Gasteiger partial charge is 0.465 e. The molecule has 25 heavy (non-hydrogen) atoms. The fraction of sp³-hybridized carbons (Fsp3) is 0.450. The molecular weight excluding hydrogens is 316 g/mol. The van der Waals surface area contributed by atoms with E-state index in [1.807, 2.05) is 6.07 Å². The Bertz CT molecular complexity index is 870. The van der Waals surface area contributed by atoms with Crippen molar-refractivity contribution in [1.29, 1.82) is 0 Å². The van der Waals surface area contributed by atoms with E-state index in [-0.39, 0.29) is 5.97 Å². The molecule has 132 valence electrons. The Kier molecular flexibility index (Phi) is 5.64. The molecule has 0 saturated heterocycles. The van der Waals surface area contributed by atoms with Crippen LogP contribution < -0.4 is 0 Å². The second-order valence-corrected chi connectivity index (χ2v) is 6.37. The Morgan fingerprint density at radius 2 is 1.80 bits per heavy atom. The highest BCUT2D eigenvalue weighted by Gasteiger charge is 2.13. The number of methoxy groups -OCH3 is 1. The quantitative estimate of drug-likeness (QED) is 0.423. The number of hydrogen-bond acceptors (Lipinski definition) is 5. The summed E-state index contributed by atoms with van der Waals surface area (Å²) in [5.74, 6) is 0.557. The highest BCUT2D eigenvalue weighted by molar-refractivity contribution is 6.03. The van der Waals surface area contributed by atoms with Crippen LogP contribution in [0, 0.1) is 0 Å². The van der Waals surface area contributed by atoms with Crippen LogP contribution in [0.4, 0.5) is 0 Å². The lowest BCUT2D eigenvalue weighted by molar-refractivity contribution is 0.0601. The van der Waals surface area contributed by atoms with Gasteiger partial charge in [-0.25, -0.2) is 4.79 Å². The molecule has 5 nitrogen and oxygen atoms in total. The summed E-state index contributed by atoms with van der Waals surface area (Å²) < 4.78 is 10.8. The van der Waals surface area contributed by atoms with Crippen molar-refractivity contribution in [3.8, 4) is 0 Å². The molecule has 0 fully saturated rings.